The van der Waals surface area contributed by atoms with Crippen molar-refractivity contribution in [3.8, 4) is 17.3 Å². The van der Waals surface area contributed by atoms with Gasteiger partial charge in [0.15, 0.2) is 5.01 Å². The molecule has 0 aliphatic rings. The largest absolute Gasteiger partial charge is 0.486 e. The van der Waals surface area contributed by atoms with Gasteiger partial charge in [0.1, 0.15) is 18.1 Å². The number of rotatable bonds is 4. The van der Waals surface area contributed by atoms with Crippen LogP contribution in [-0.4, -0.2) is 30.0 Å². The van der Waals surface area contributed by atoms with Gasteiger partial charge in [0.05, 0.1) is 0 Å². The van der Waals surface area contributed by atoms with Crippen LogP contribution in [0.15, 0.2) is 30.3 Å². The van der Waals surface area contributed by atoms with Crippen molar-refractivity contribution in [2.24, 2.45) is 0 Å². The number of aromatic amines is 1. The average molecular weight is 368 g/mol. The first-order chi connectivity index (χ1) is 12.4. The molecule has 0 saturated heterocycles. The Morgan fingerprint density at radius 2 is 1.92 bits per heavy atom. The van der Waals surface area contributed by atoms with Crippen molar-refractivity contribution in [3.05, 3.63) is 46.6 Å². The summed E-state index contributed by atoms with van der Waals surface area (Å²) in [6.45, 7) is 8.92. The van der Waals surface area contributed by atoms with Crippen molar-refractivity contribution in [2.75, 3.05) is 0 Å². The molecule has 7 nitrogen and oxygen atoms in total. The highest BCUT2D eigenvalue weighted by atomic mass is 32.1. The summed E-state index contributed by atoms with van der Waals surface area (Å²) >= 11 is 1.46. The lowest BCUT2D eigenvalue weighted by Gasteiger charge is -2.19. The molecule has 4 aromatic rings. The molecule has 0 bridgehead atoms. The molecule has 134 valence electrons. The van der Waals surface area contributed by atoms with Crippen LogP contribution in [0.5, 0.6) is 5.75 Å². The fourth-order valence-corrected chi connectivity index (χ4v) is 3.35. The zero-order chi connectivity index (χ0) is 18.3. The van der Waals surface area contributed by atoms with Gasteiger partial charge >= 0.3 is 0 Å². The number of aromatic nitrogens is 6. The summed E-state index contributed by atoms with van der Waals surface area (Å²) < 4.78 is 7.58. The molecule has 8 heteroatoms. The molecule has 0 radical (unpaired) electrons. The quantitative estimate of drug-likeness (QED) is 0.593. The summed E-state index contributed by atoms with van der Waals surface area (Å²) in [5, 5.41) is 20.9. The van der Waals surface area contributed by atoms with Gasteiger partial charge in [-0.1, -0.05) is 44.2 Å². The molecule has 1 N–H and O–H groups in total. The summed E-state index contributed by atoms with van der Waals surface area (Å²) in [5.74, 6) is 1.45. The molecule has 0 unspecified atom stereocenters. The monoisotopic (exact) mass is 368 g/mol. The van der Waals surface area contributed by atoms with E-state index in [1.54, 1.807) is 4.52 Å². The lowest BCUT2D eigenvalue weighted by molar-refractivity contribution is 0.304. The minimum Gasteiger partial charge on any atom is -0.486 e. The molecule has 0 amide bonds. The van der Waals surface area contributed by atoms with E-state index < -0.39 is 0 Å². The van der Waals surface area contributed by atoms with Gasteiger partial charge in [-0.05, 0) is 36.1 Å². The van der Waals surface area contributed by atoms with E-state index in [9.17, 15) is 0 Å². The van der Waals surface area contributed by atoms with Crippen LogP contribution in [0.2, 0.25) is 0 Å². The SMILES string of the molecule is Cc1cc(-c2nnc3sc(COc4ccc(C(C)(C)C)cc4)nn23)n[nH]1. The third-order valence-electron chi connectivity index (χ3n) is 4.05. The van der Waals surface area contributed by atoms with Crippen LogP contribution in [0.25, 0.3) is 16.5 Å². The molecular formula is C18H20N6OS. The minimum atomic E-state index is 0.132. The molecule has 0 atom stereocenters. The van der Waals surface area contributed by atoms with E-state index in [-0.39, 0.29) is 5.41 Å². The maximum atomic E-state index is 5.87. The van der Waals surface area contributed by atoms with Crippen molar-refractivity contribution in [1.82, 2.24) is 30.0 Å². The van der Waals surface area contributed by atoms with E-state index in [1.807, 2.05) is 25.1 Å². The summed E-state index contributed by atoms with van der Waals surface area (Å²) in [6.07, 6.45) is 0. The fourth-order valence-electron chi connectivity index (χ4n) is 2.60. The van der Waals surface area contributed by atoms with Crippen LogP contribution in [0.1, 0.15) is 37.0 Å². The van der Waals surface area contributed by atoms with E-state index in [4.69, 9.17) is 4.74 Å². The third-order valence-corrected chi connectivity index (χ3v) is 4.92. The maximum absolute atomic E-state index is 5.87. The van der Waals surface area contributed by atoms with E-state index in [0.29, 0.717) is 12.4 Å². The summed E-state index contributed by atoms with van der Waals surface area (Å²) in [7, 11) is 0. The first kappa shape index (κ1) is 16.7. The highest BCUT2D eigenvalue weighted by Crippen LogP contribution is 2.25. The van der Waals surface area contributed by atoms with Crippen LogP contribution in [0.4, 0.5) is 0 Å². The summed E-state index contributed by atoms with van der Waals surface area (Å²) in [5.41, 5.74) is 3.11. The summed E-state index contributed by atoms with van der Waals surface area (Å²) in [6, 6.07) is 10.1. The zero-order valence-corrected chi connectivity index (χ0v) is 16.0. The topological polar surface area (TPSA) is 81.0 Å². The Kier molecular flexibility index (Phi) is 3.99. The molecule has 3 heterocycles. The maximum Gasteiger partial charge on any atom is 0.235 e. The molecule has 0 aliphatic heterocycles. The molecule has 0 aliphatic carbocycles. The van der Waals surface area contributed by atoms with E-state index in [0.717, 1.165) is 27.1 Å². The Morgan fingerprint density at radius 3 is 2.58 bits per heavy atom. The smallest absolute Gasteiger partial charge is 0.235 e. The highest BCUT2D eigenvalue weighted by Gasteiger charge is 2.16. The molecule has 4 rings (SSSR count). The van der Waals surface area contributed by atoms with Gasteiger partial charge in [0.2, 0.25) is 10.8 Å². The van der Waals surface area contributed by atoms with Gasteiger partial charge in [0, 0.05) is 5.69 Å². The molecule has 0 spiro atoms. The number of ether oxygens (including phenoxy) is 1. The van der Waals surface area contributed by atoms with Crippen molar-refractivity contribution in [3.63, 3.8) is 0 Å². The number of nitrogens with one attached hydrogen (secondary N) is 1. The average Bonchev–Trinajstić information content (AvgIpc) is 3.28. The number of hydrogen-bond donors (Lipinski definition) is 1. The number of aryl methyl sites for hydroxylation is 1. The first-order valence-corrected chi connectivity index (χ1v) is 9.19. The second kappa shape index (κ2) is 6.21. The Bertz CT molecular complexity index is 1040. The highest BCUT2D eigenvalue weighted by molar-refractivity contribution is 7.16. The van der Waals surface area contributed by atoms with E-state index >= 15 is 0 Å². The van der Waals surface area contributed by atoms with Crippen LogP contribution in [0.3, 0.4) is 0 Å². The van der Waals surface area contributed by atoms with Crippen molar-refractivity contribution in [2.45, 2.75) is 39.7 Å². The second-order valence-corrected chi connectivity index (χ2v) is 8.25. The van der Waals surface area contributed by atoms with Crippen LogP contribution in [-0.2, 0) is 12.0 Å². The Balaban J connectivity index is 1.50. The Morgan fingerprint density at radius 1 is 1.15 bits per heavy atom. The van der Waals surface area contributed by atoms with E-state index in [1.165, 1.54) is 16.9 Å². The van der Waals surface area contributed by atoms with Gasteiger partial charge in [-0.25, -0.2) is 0 Å². The van der Waals surface area contributed by atoms with Crippen molar-refractivity contribution < 1.29 is 4.74 Å². The van der Waals surface area contributed by atoms with Crippen LogP contribution >= 0.6 is 11.3 Å². The van der Waals surface area contributed by atoms with Gasteiger partial charge in [-0.2, -0.15) is 14.7 Å². The van der Waals surface area contributed by atoms with Gasteiger partial charge in [-0.3, -0.25) is 5.10 Å². The number of nitrogens with zero attached hydrogens (tertiary/aromatic N) is 5. The van der Waals surface area contributed by atoms with Gasteiger partial charge in [-0.15, -0.1) is 10.2 Å². The lowest BCUT2D eigenvalue weighted by Crippen LogP contribution is -2.10. The minimum absolute atomic E-state index is 0.132. The Hall–Kier alpha value is -2.74. The molecule has 3 aromatic heterocycles. The van der Waals surface area contributed by atoms with Crippen molar-refractivity contribution >= 4 is 16.3 Å². The lowest BCUT2D eigenvalue weighted by atomic mass is 9.87. The number of benzene rings is 1. The Labute approximate surface area is 155 Å². The fraction of sp³-hybridized carbons (Fsp3) is 0.333. The molecule has 1 aromatic carbocycles. The summed E-state index contributed by atoms with van der Waals surface area (Å²) in [4.78, 5) is 0.724. The number of hydrogen-bond acceptors (Lipinski definition) is 6. The second-order valence-electron chi connectivity index (χ2n) is 7.21. The zero-order valence-electron chi connectivity index (χ0n) is 15.1. The normalized spacial score (nSPS) is 12.0. The molecule has 0 saturated carbocycles. The number of fused-ring (bicyclic) bond motifs is 1. The van der Waals surface area contributed by atoms with Crippen molar-refractivity contribution in [1.29, 1.82) is 0 Å². The van der Waals surface area contributed by atoms with Crippen LogP contribution in [0, 0.1) is 6.92 Å². The first-order valence-electron chi connectivity index (χ1n) is 8.37. The predicted octanol–water partition coefficient (Wildman–Crippen LogP) is 3.76. The third kappa shape index (κ3) is 3.20. The van der Waals surface area contributed by atoms with Gasteiger partial charge < -0.3 is 4.74 Å². The molecule has 0 fully saturated rings. The van der Waals surface area contributed by atoms with Crippen LogP contribution < -0.4 is 4.74 Å². The van der Waals surface area contributed by atoms with E-state index in [2.05, 4.69) is 58.4 Å². The predicted molar refractivity (Wildman–Crippen MR) is 100 cm³/mol. The number of H-pyrrole nitrogens is 1. The molecule has 26 heavy (non-hydrogen) atoms. The van der Waals surface area contributed by atoms with Gasteiger partial charge in [0.25, 0.3) is 0 Å². The molecular weight excluding hydrogens is 348 g/mol. The standard InChI is InChI=1S/C18H20N6OS/c1-11-9-14(20-19-11)16-21-22-17-24(16)23-15(26-17)10-25-13-7-5-12(6-8-13)18(2,3)4/h5-9H,10H2,1-4H3,(H,19,20).